The molecule has 0 unspecified atom stereocenters. The summed E-state index contributed by atoms with van der Waals surface area (Å²) in [4.78, 5) is 22.5. The molecule has 9 nitrogen and oxygen atoms in total. The highest BCUT2D eigenvalue weighted by Gasteiger charge is 2.16. The molecule has 3 aromatic rings. The number of nitro benzene ring substituents is 1. The number of hydrazone groups is 1. The van der Waals surface area contributed by atoms with E-state index < -0.39 is 16.6 Å². The third kappa shape index (κ3) is 6.11. The maximum absolute atomic E-state index is 12.3. The average Bonchev–Trinajstić information content (AvgIpc) is 2.79. The van der Waals surface area contributed by atoms with E-state index in [2.05, 4.69) is 33.1 Å². The number of carbonyl (C=O) groups excluding carboxylic acids is 1. The summed E-state index contributed by atoms with van der Waals surface area (Å²) in [5.74, 6) is -0.211. The van der Waals surface area contributed by atoms with Crippen LogP contribution < -0.4 is 14.9 Å². The second-order valence-corrected chi connectivity index (χ2v) is 8.14. The van der Waals surface area contributed by atoms with Crippen molar-refractivity contribution in [1.82, 2.24) is 5.43 Å². The molecule has 2 N–H and O–H groups in total. The van der Waals surface area contributed by atoms with Gasteiger partial charge in [-0.15, -0.1) is 0 Å². The molecule has 0 fully saturated rings. The molecule has 0 saturated heterocycles. The number of carbonyl (C=O) groups is 1. The zero-order chi connectivity index (χ0) is 24.0. The molecule has 0 atom stereocenters. The summed E-state index contributed by atoms with van der Waals surface area (Å²) in [5.41, 5.74) is 3.08. The number of aromatic hydroxyl groups is 1. The van der Waals surface area contributed by atoms with Gasteiger partial charge in [0.25, 0.3) is 11.6 Å². The molecule has 33 heavy (non-hydrogen) atoms. The summed E-state index contributed by atoms with van der Waals surface area (Å²) in [6, 6.07) is 13.9. The molecule has 0 aromatic heterocycles. The Labute approximate surface area is 207 Å². The molecule has 0 aliphatic heterocycles. The van der Waals surface area contributed by atoms with Crippen molar-refractivity contribution >= 4 is 52.0 Å². The number of hydrogen-bond acceptors (Lipinski definition) is 7. The van der Waals surface area contributed by atoms with E-state index in [-0.39, 0.29) is 17.9 Å². The molecule has 0 aliphatic carbocycles. The van der Waals surface area contributed by atoms with E-state index in [1.54, 1.807) is 18.2 Å². The number of rotatable bonds is 8. The number of nitrogens with zero attached hydrogens (tertiary/aromatic N) is 2. The summed E-state index contributed by atoms with van der Waals surface area (Å²) in [6.07, 6.45) is 1.37. The van der Waals surface area contributed by atoms with Gasteiger partial charge in [-0.05, 0) is 52.4 Å². The van der Waals surface area contributed by atoms with Crippen LogP contribution >= 0.6 is 34.2 Å². The fourth-order valence-electron chi connectivity index (χ4n) is 2.76. The molecular formula is C22H17ClIN3O6. The Morgan fingerprint density at radius 2 is 2.03 bits per heavy atom. The number of methoxy groups -OCH3 is 1. The highest BCUT2D eigenvalue weighted by molar-refractivity contribution is 14.1. The quantitative estimate of drug-likeness (QED) is 0.169. The van der Waals surface area contributed by atoms with Crippen molar-refractivity contribution in [2.45, 2.75) is 6.61 Å². The van der Waals surface area contributed by atoms with Crippen molar-refractivity contribution < 1.29 is 24.3 Å². The van der Waals surface area contributed by atoms with E-state index >= 15 is 0 Å². The normalized spacial score (nSPS) is 10.8. The first-order valence-corrected chi connectivity index (χ1v) is 10.8. The molecule has 0 spiro atoms. The summed E-state index contributed by atoms with van der Waals surface area (Å²) in [7, 11) is 1.50. The average molecular weight is 582 g/mol. The standard InChI is InChI=1S/C22H17ClIN3O6/c1-32-20-9-13(8-18(24)21(20)33-12-14-4-2-3-5-17(14)23)11-25-26-22(29)16-10-15(27(30)31)6-7-19(16)28/h2-11,28H,12H2,1H3,(H,26,29)/b25-11-. The first kappa shape index (κ1) is 24.3. The summed E-state index contributed by atoms with van der Waals surface area (Å²) in [6.45, 7) is 0.252. The third-order valence-corrected chi connectivity index (χ3v) is 5.57. The van der Waals surface area contributed by atoms with E-state index in [0.29, 0.717) is 22.1 Å². The Kier molecular flexibility index (Phi) is 8.06. The molecular weight excluding hydrogens is 565 g/mol. The van der Waals surface area contributed by atoms with Crippen LogP contribution in [0.25, 0.3) is 0 Å². The maximum Gasteiger partial charge on any atom is 0.275 e. The van der Waals surface area contributed by atoms with Crippen molar-refractivity contribution in [3.8, 4) is 17.2 Å². The lowest BCUT2D eigenvalue weighted by atomic mass is 10.1. The van der Waals surface area contributed by atoms with Crippen LogP contribution in [0, 0.1) is 13.7 Å². The maximum atomic E-state index is 12.3. The zero-order valence-corrected chi connectivity index (χ0v) is 20.0. The highest BCUT2D eigenvalue weighted by Crippen LogP contribution is 2.34. The molecule has 170 valence electrons. The topological polar surface area (TPSA) is 123 Å². The Balaban J connectivity index is 1.73. The van der Waals surface area contributed by atoms with Crippen LogP contribution in [0.15, 0.2) is 59.7 Å². The second-order valence-electron chi connectivity index (χ2n) is 6.57. The Morgan fingerprint density at radius 1 is 1.27 bits per heavy atom. The number of nitro groups is 1. The molecule has 3 aromatic carbocycles. The molecule has 3 rings (SSSR count). The van der Waals surface area contributed by atoms with E-state index in [1.165, 1.54) is 13.3 Å². The van der Waals surface area contributed by atoms with Gasteiger partial charge in [-0.2, -0.15) is 5.10 Å². The lowest BCUT2D eigenvalue weighted by Crippen LogP contribution is -2.18. The number of phenolic OH excluding ortho intramolecular Hbond substituents is 1. The summed E-state index contributed by atoms with van der Waals surface area (Å²) in [5, 5.41) is 25.2. The van der Waals surface area contributed by atoms with Crippen molar-refractivity contribution in [2.75, 3.05) is 7.11 Å². The van der Waals surface area contributed by atoms with Crippen molar-refractivity contribution in [3.63, 3.8) is 0 Å². The van der Waals surface area contributed by atoms with Crippen LogP contribution in [0.1, 0.15) is 21.5 Å². The van der Waals surface area contributed by atoms with Gasteiger partial charge < -0.3 is 14.6 Å². The lowest BCUT2D eigenvalue weighted by molar-refractivity contribution is -0.384. The monoisotopic (exact) mass is 581 g/mol. The van der Waals surface area contributed by atoms with Crippen LogP contribution in [-0.4, -0.2) is 29.3 Å². The minimum absolute atomic E-state index is 0.252. The predicted octanol–water partition coefficient (Wildman–Crippen LogP) is 4.91. The van der Waals surface area contributed by atoms with Gasteiger partial charge in [0.1, 0.15) is 12.4 Å². The van der Waals surface area contributed by atoms with Crippen LogP contribution in [0.5, 0.6) is 17.2 Å². The van der Waals surface area contributed by atoms with Gasteiger partial charge in [0.2, 0.25) is 0 Å². The van der Waals surface area contributed by atoms with E-state index in [1.807, 2.05) is 18.2 Å². The highest BCUT2D eigenvalue weighted by atomic mass is 127. The minimum atomic E-state index is -0.797. The molecule has 0 bridgehead atoms. The molecule has 0 aliphatic rings. The van der Waals surface area contributed by atoms with Gasteiger partial charge in [0.15, 0.2) is 11.5 Å². The molecule has 0 saturated carbocycles. The van der Waals surface area contributed by atoms with Crippen molar-refractivity contribution in [2.24, 2.45) is 5.10 Å². The Hall–Kier alpha value is -3.38. The number of nitrogens with one attached hydrogen (secondary N) is 1. The number of benzene rings is 3. The third-order valence-electron chi connectivity index (χ3n) is 4.40. The molecule has 0 radical (unpaired) electrons. The lowest BCUT2D eigenvalue weighted by Gasteiger charge is -2.14. The molecule has 1 amide bonds. The second kappa shape index (κ2) is 11.0. The largest absolute Gasteiger partial charge is 0.507 e. The fraction of sp³-hybridized carbons (Fsp3) is 0.0909. The first-order chi connectivity index (χ1) is 15.8. The van der Waals surface area contributed by atoms with Gasteiger partial charge in [0, 0.05) is 22.7 Å². The predicted molar refractivity (Wildman–Crippen MR) is 131 cm³/mol. The zero-order valence-electron chi connectivity index (χ0n) is 17.1. The number of ether oxygens (including phenoxy) is 2. The van der Waals surface area contributed by atoms with Gasteiger partial charge in [-0.1, -0.05) is 29.8 Å². The number of amides is 1. The first-order valence-electron chi connectivity index (χ1n) is 9.34. The van der Waals surface area contributed by atoms with Gasteiger partial charge in [-0.3, -0.25) is 14.9 Å². The van der Waals surface area contributed by atoms with E-state index in [4.69, 9.17) is 21.1 Å². The van der Waals surface area contributed by atoms with Crippen LogP contribution in [0.4, 0.5) is 5.69 Å². The minimum Gasteiger partial charge on any atom is -0.507 e. The fourth-order valence-corrected chi connectivity index (χ4v) is 3.74. The van der Waals surface area contributed by atoms with Crippen LogP contribution in [-0.2, 0) is 6.61 Å². The number of hydrogen-bond donors (Lipinski definition) is 2. The van der Waals surface area contributed by atoms with E-state index in [0.717, 1.165) is 27.3 Å². The molecule has 0 heterocycles. The SMILES string of the molecule is COc1cc(/C=N\NC(=O)c2cc([N+](=O)[O-])ccc2O)cc(I)c1OCc1ccccc1Cl. The number of non-ortho nitro benzene ring substituents is 1. The van der Waals surface area contributed by atoms with Crippen molar-refractivity contribution in [3.05, 3.63) is 90.0 Å². The Bertz CT molecular complexity index is 1230. The van der Waals surface area contributed by atoms with Gasteiger partial charge >= 0.3 is 0 Å². The van der Waals surface area contributed by atoms with Crippen LogP contribution in [0.3, 0.4) is 0 Å². The summed E-state index contributed by atoms with van der Waals surface area (Å²) >= 11 is 8.27. The number of halogens is 2. The molecule has 11 heteroatoms. The van der Waals surface area contributed by atoms with Crippen molar-refractivity contribution in [1.29, 1.82) is 0 Å². The van der Waals surface area contributed by atoms with E-state index in [9.17, 15) is 20.0 Å². The summed E-state index contributed by atoms with van der Waals surface area (Å²) < 4.78 is 12.1. The smallest absolute Gasteiger partial charge is 0.275 e. The van der Waals surface area contributed by atoms with Gasteiger partial charge in [0.05, 0.1) is 27.4 Å². The van der Waals surface area contributed by atoms with Gasteiger partial charge in [-0.25, -0.2) is 5.43 Å². The van der Waals surface area contributed by atoms with Crippen LogP contribution in [0.2, 0.25) is 5.02 Å². The number of phenols is 1. The Morgan fingerprint density at radius 3 is 2.73 bits per heavy atom.